The molecule has 1 saturated heterocycles. The van der Waals surface area contributed by atoms with Crippen molar-refractivity contribution in [3.05, 3.63) is 59.9 Å². The molecule has 0 radical (unpaired) electrons. The van der Waals surface area contributed by atoms with Gasteiger partial charge in [-0.1, -0.05) is 6.07 Å². The summed E-state index contributed by atoms with van der Waals surface area (Å²) in [5.41, 5.74) is 1.85. The van der Waals surface area contributed by atoms with E-state index in [9.17, 15) is 14.0 Å². The summed E-state index contributed by atoms with van der Waals surface area (Å²) in [6, 6.07) is 12.8. The molecule has 1 heterocycles. The maximum absolute atomic E-state index is 13.3. The lowest BCUT2D eigenvalue weighted by Gasteiger charge is -2.36. The van der Waals surface area contributed by atoms with E-state index in [2.05, 4.69) is 15.0 Å². The molecule has 136 valence electrons. The molecule has 26 heavy (non-hydrogen) atoms. The number of nitrogens with zero attached hydrogens (tertiary/aromatic N) is 2. The molecule has 2 aromatic carbocycles. The summed E-state index contributed by atoms with van der Waals surface area (Å²) >= 11 is 0. The zero-order valence-electron chi connectivity index (χ0n) is 14.4. The second-order valence-electron chi connectivity index (χ2n) is 5.95. The molecule has 0 saturated carbocycles. The number of nitrogens with one attached hydrogen (secondary N) is 1. The van der Waals surface area contributed by atoms with Gasteiger partial charge in [-0.2, -0.15) is 0 Å². The van der Waals surface area contributed by atoms with E-state index in [-0.39, 0.29) is 11.8 Å². The SMILES string of the molecule is COC(=O)c1ccc(NC(=O)N2CCN(c3cccc(F)c3)CC2)cc1. The van der Waals surface area contributed by atoms with Crippen LogP contribution < -0.4 is 10.2 Å². The summed E-state index contributed by atoms with van der Waals surface area (Å²) in [7, 11) is 1.32. The van der Waals surface area contributed by atoms with Crippen LogP contribution in [0.15, 0.2) is 48.5 Å². The molecule has 6 nitrogen and oxygen atoms in total. The molecule has 0 aliphatic carbocycles. The molecule has 3 rings (SSSR count). The predicted octanol–water partition coefficient (Wildman–Crippen LogP) is 2.97. The number of hydrogen-bond acceptors (Lipinski definition) is 4. The van der Waals surface area contributed by atoms with E-state index in [0.29, 0.717) is 37.4 Å². The Hall–Kier alpha value is -3.09. The Morgan fingerprint density at radius 3 is 2.35 bits per heavy atom. The van der Waals surface area contributed by atoms with Crippen LogP contribution in [0, 0.1) is 5.82 Å². The average Bonchev–Trinajstić information content (AvgIpc) is 2.68. The van der Waals surface area contributed by atoms with Gasteiger partial charge in [0, 0.05) is 37.6 Å². The van der Waals surface area contributed by atoms with Gasteiger partial charge >= 0.3 is 12.0 Å². The normalized spacial score (nSPS) is 14.1. The van der Waals surface area contributed by atoms with Crippen LogP contribution in [0.25, 0.3) is 0 Å². The van der Waals surface area contributed by atoms with Crippen LogP contribution in [-0.4, -0.2) is 50.2 Å². The number of piperazine rings is 1. The fourth-order valence-electron chi connectivity index (χ4n) is 2.85. The summed E-state index contributed by atoms with van der Waals surface area (Å²) in [5.74, 6) is -0.686. The van der Waals surface area contributed by atoms with E-state index < -0.39 is 5.97 Å². The van der Waals surface area contributed by atoms with Crippen LogP contribution in [0.3, 0.4) is 0 Å². The highest BCUT2D eigenvalue weighted by molar-refractivity contribution is 5.92. The van der Waals surface area contributed by atoms with Crippen LogP contribution in [0.1, 0.15) is 10.4 Å². The van der Waals surface area contributed by atoms with Gasteiger partial charge in [0.05, 0.1) is 12.7 Å². The van der Waals surface area contributed by atoms with Gasteiger partial charge in [-0.3, -0.25) is 0 Å². The largest absolute Gasteiger partial charge is 0.465 e. The molecule has 0 aromatic heterocycles. The molecule has 7 heteroatoms. The monoisotopic (exact) mass is 357 g/mol. The number of benzene rings is 2. The summed E-state index contributed by atoms with van der Waals surface area (Å²) in [6.45, 7) is 2.36. The highest BCUT2D eigenvalue weighted by atomic mass is 19.1. The first kappa shape index (κ1) is 17.7. The van der Waals surface area contributed by atoms with Crippen molar-refractivity contribution in [3.8, 4) is 0 Å². The predicted molar refractivity (Wildman–Crippen MR) is 97.0 cm³/mol. The van der Waals surface area contributed by atoms with Crippen LogP contribution >= 0.6 is 0 Å². The number of esters is 1. The van der Waals surface area contributed by atoms with E-state index >= 15 is 0 Å². The van der Waals surface area contributed by atoms with Crippen LogP contribution in [-0.2, 0) is 4.74 Å². The minimum Gasteiger partial charge on any atom is -0.465 e. The van der Waals surface area contributed by atoms with Crippen LogP contribution in [0.5, 0.6) is 0 Å². The molecule has 1 aliphatic rings. The van der Waals surface area contributed by atoms with Gasteiger partial charge in [0.2, 0.25) is 0 Å². The topological polar surface area (TPSA) is 61.9 Å². The smallest absolute Gasteiger partial charge is 0.337 e. The minimum absolute atomic E-state index is 0.199. The van der Waals surface area contributed by atoms with Gasteiger partial charge in [-0.05, 0) is 42.5 Å². The van der Waals surface area contributed by atoms with Crippen molar-refractivity contribution in [2.75, 3.05) is 43.5 Å². The lowest BCUT2D eigenvalue weighted by Crippen LogP contribution is -2.50. The van der Waals surface area contributed by atoms with Gasteiger partial charge in [0.15, 0.2) is 0 Å². The van der Waals surface area contributed by atoms with E-state index in [4.69, 9.17) is 0 Å². The maximum Gasteiger partial charge on any atom is 0.337 e. The Kier molecular flexibility index (Phi) is 5.36. The maximum atomic E-state index is 13.3. The Morgan fingerprint density at radius 1 is 1.04 bits per heavy atom. The highest BCUT2D eigenvalue weighted by Gasteiger charge is 2.21. The van der Waals surface area contributed by atoms with E-state index in [1.807, 2.05) is 6.07 Å². The Labute approximate surface area is 151 Å². The number of ether oxygens (including phenoxy) is 1. The Balaban J connectivity index is 1.54. The van der Waals surface area contributed by atoms with Crippen molar-refractivity contribution >= 4 is 23.4 Å². The average molecular weight is 357 g/mol. The number of amides is 2. The first-order chi connectivity index (χ1) is 12.6. The van der Waals surface area contributed by atoms with E-state index in [0.717, 1.165) is 5.69 Å². The lowest BCUT2D eigenvalue weighted by molar-refractivity contribution is 0.0600. The Morgan fingerprint density at radius 2 is 1.73 bits per heavy atom. The van der Waals surface area contributed by atoms with Crippen molar-refractivity contribution in [2.24, 2.45) is 0 Å². The number of urea groups is 1. The molecule has 1 aliphatic heterocycles. The summed E-state index contributed by atoms with van der Waals surface area (Å²) in [6.07, 6.45) is 0. The fourth-order valence-corrected chi connectivity index (χ4v) is 2.85. The third-order valence-corrected chi connectivity index (χ3v) is 4.30. The number of halogens is 1. The second kappa shape index (κ2) is 7.86. The zero-order valence-corrected chi connectivity index (χ0v) is 14.4. The van der Waals surface area contributed by atoms with Crippen molar-refractivity contribution < 1.29 is 18.7 Å². The highest BCUT2D eigenvalue weighted by Crippen LogP contribution is 2.18. The van der Waals surface area contributed by atoms with Gasteiger partial charge in [0.25, 0.3) is 0 Å². The third-order valence-electron chi connectivity index (χ3n) is 4.30. The number of methoxy groups -OCH3 is 1. The van der Waals surface area contributed by atoms with Crippen LogP contribution in [0.2, 0.25) is 0 Å². The molecule has 2 amide bonds. The van der Waals surface area contributed by atoms with Crippen LogP contribution in [0.4, 0.5) is 20.6 Å². The molecular weight excluding hydrogens is 337 g/mol. The molecule has 0 spiro atoms. The fraction of sp³-hybridized carbons (Fsp3) is 0.263. The molecule has 2 aromatic rings. The molecule has 0 bridgehead atoms. The van der Waals surface area contributed by atoms with E-state index in [1.54, 1.807) is 35.2 Å². The Bertz CT molecular complexity index is 787. The van der Waals surface area contributed by atoms with Crippen molar-refractivity contribution in [1.82, 2.24) is 4.90 Å². The number of rotatable bonds is 3. The molecule has 0 unspecified atom stereocenters. The number of hydrogen-bond donors (Lipinski definition) is 1. The van der Waals surface area contributed by atoms with Crippen molar-refractivity contribution in [2.45, 2.75) is 0 Å². The first-order valence-corrected chi connectivity index (χ1v) is 8.31. The van der Waals surface area contributed by atoms with Gasteiger partial charge in [-0.15, -0.1) is 0 Å². The lowest BCUT2D eigenvalue weighted by atomic mass is 10.2. The molecular formula is C19H20FN3O3. The van der Waals surface area contributed by atoms with E-state index in [1.165, 1.54) is 19.2 Å². The molecule has 1 N–H and O–H groups in total. The molecule has 0 atom stereocenters. The molecule has 1 fully saturated rings. The number of anilines is 2. The summed E-state index contributed by atoms with van der Waals surface area (Å²) in [4.78, 5) is 27.6. The number of carbonyl (C=O) groups excluding carboxylic acids is 2. The second-order valence-corrected chi connectivity index (χ2v) is 5.95. The first-order valence-electron chi connectivity index (χ1n) is 8.31. The summed E-state index contributed by atoms with van der Waals surface area (Å²) < 4.78 is 18.0. The van der Waals surface area contributed by atoms with Gasteiger partial charge in [0.1, 0.15) is 5.82 Å². The quantitative estimate of drug-likeness (QED) is 0.858. The standard InChI is InChI=1S/C19H20FN3O3/c1-26-18(24)14-5-7-16(8-6-14)21-19(25)23-11-9-22(10-12-23)17-4-2-3-15(20)13-17/h2-8,13H,9-12H2,1H3,(H,21,25). The van der Waals surface area contributed by atoms with Gasteiger partial charge in [-0.25, -0.2) is 14.0 Å². The third kappa shape index (κ3) is 4.11. The van der Waals surface area contributed by atoms with Gasteiger partial charge < -0.3 is 19.9 Å². The summed E-state index contributed by atoms with van der Waals surface area (Å²) in [5, 5.41) is 2.82. The minimum atomic E-state index is -0.420. The zero-order chi connectivity index (χ0) is 18.5. The number of carbonyl (C=O) groups is 2. The van der Waals surface area contributed by atoms with Crippen molar-refractivity contribution in [3.63, 3.8) is 0 Å². The van der Waals surface area contributed by atoms with Crippen molar-refractivity contribution in [1.29, 1.82) is 0 Å².